The van der Waals surface area contributed by atoms with Crippen molar-refractivity contribution in [1.29, 1.82) is 5.26 Å². The van der Waals surface area contributed by atoms with Gasteiger partial charge >= 0.3 is 0 Å². The summed E-state index contributed by atoms with van der Waals surface area (Å²) in [4.78, 5) is 12.6. The second-order valence-electron chi connectivity index (χ2n) is 5.88. The molecule has 6 heteroatoms. The fourth-order valence-corrected chi connectivity index (χ4v) is 2.98. The first-order chi connectivity index (χ1) is 12.6. The summed E-state index contributed by atoms with van der Waals surface area (Å²) >= 11 is 6.41. The van der Waals surface area contributed by atoms with E-state index in [1.54, 1.807) is 23.7 Å². The lowest BCUT2D eigenvalue weighted by molar-refractivity contribution is 0.102. The first kappa shape index (κ1) is 17.7. The monoisotopic (exact) mass is 364 g/mol. The molecular formula is C20H17ClN4O. The second kappa shape index (κ2) is 7.85. The maximum atomic E-state index is 12.6. The Bertz CT molecular complexity index is 956. The van der Waals surface area contributed by atoms with E-state index in [0.717, 1.165) is 11.1 Å². The largest absolute Gasteiger partial charge is 0.322 e. The summed E-state index contributed by atoms with van der Waals surface area (Å²) in [7, 11) is 0. The zero-order valence-corrected chi connectivity index (χ0v) is 15.0. The molecule has 130 valence electrons. The van der Waals surface area contributed by atoms with Gasteiger partial charge in [0, 0.05) is 5.69 Å². The predicted octanol–water partition coefficient (Wildman–Crippen LogP) is 4.21. The minimum absolute atomic E-state index is 0.306. The van der Waals surface area contributed by atoms with Gasteiger partial charge in [-0.05, 0) is 30.2 Å². The van der Waals surface area contributed by atoms with Crippen LogP contribution in [0.4, 0.5) is 5.69 Å². The van der Waals surface area contributed by atoms with Crippen molar-refractivity contribution >= 4 is 23.2 Å². The Morgan fingerprint density at radius 1 is 1.15 bits per heavy atom. The van der Waals surface area contributed by atoms with Crippen molar-refractivity contribution in [3.05, 3.63) is 82.1 Å². The molecule has 1 amide bonds. The number of anilines is 1. The summed E-state index contributed by atoms with van der Waals surface area (Å²) in [5.74, 6) is -0.306. The van der Waals surface area contributed by atoms with Gasteiger partial charge in [-0.1, -0.05) is 54.1 Å². The standard InChI is InChI=1S/C20H17ClN4O/c1-14-18(19(21)25(24-14)13-16-5-3-2-4-6-16)20(26)23-17-9-7-15(8-10-17)11-12-22/h2-10H,11,13H2,1H3,(H,23,26). The van der Waals surface area contributed by atoms with Crippen molar-refractivity contribution in [3.8, 4) is 6.07 Å². The molecule has 5 nitrogen and oxygen atoms in total. The van der Waals surface area contributed by atoms with Crippen molar-refractivity contribution in [2.75, 3.05) is 5.32 Å². The Hall–Kier alpha value is -3.10. The average Bonchev–Trinajstić information content (AvgIpc) is 2.91. The molecule has 0 fully saturated rings. The van der Waals surface area contributed by atoms with Crippen LogP contribution in [0.25, 0.3) is 0 Å². The lowest BCUT2D eigenvalue weighted by Crippen LogP contribution is -2.13. The molecule has 0 saturated carbocycles. The third-order valence-corrected chi connectivity index (χ3v) is 4.35. The third-order valence-electron chi connectivity index (χ3n) is 3.96. The maximum Gasteiger partial charge on any atom is 0.260 e. The van der Waals surface area contributed by atoms with Crippen molar-refractivity contribution in [2.24, 2.45) is 0 Å². The summed E-state index contributed by atoms with van der Waals surface area (Å²) < 4.78 is 1.62. The smallest absolute Gasteiger partial charge is 0.260 e. The van der Waals surface area contributed by atoms with Gasteiger partial charge in [0.1, 0.15) is 5.15 Å². The zero-order chi connectivity index (χ0) is 18.5. The molecule has 0 saturated heterocycles. The number of hydrogen-bond donors (Lipinski definition) is 1. The van der Waals surface area contributed by atoms with Crippen LogP contribution in [0.15, 0.2) is 54.6 Å². The number of hydrogen-bond acceptors (Lipinski definition) is 3. The number of nitriles is 1. The highest BCUT2D eigenvalue weighted by atomic mass is 35.5. The Morgan fingerprint density at radius 3 is 2.50 bits per heavy atom. The molecule has 26 heavy (non-hydrogen) atoms. The Kier molecular flexibility index (Phi) is 5.35. The third kappa shape index (κ3) is 3.93. The second-order valence-corrected chi connectivity index (χ2v) is 6.24. The number of carbonyl (C=O) groups excluding carboxylic acids is 1. The molecule has 3 rings (SSSR count). The number of nitrogens with one attached hydrogen (secondary N) is 1. The summed E-state index contributed by atoms with van der Waals surface area (Å²) in [5.41, 5.74) is 3.53. The van der Waals surface area contributed by atoms with Gasteiger partial charge in [0.25, 0.3) is 5.91 Å². The van der Waals surface area contributed by atoms with Gasteiger partial charge in [-0.25, -0.2) is 4.68 Å². The molecule has 0 bridgehead atoms. The number of nitrogens with zero attached hydrogens (tertiary/aromatic N) is 3. The molecule has 1 N–H and O–H groups in total. The Balaban J connectivity index is 1.78. The highest BCUT2D eigenvalue weighted by Crippen LogP contribution is 2.22. The van der Waals surface area contributed by atoms with Gasteiger partial charge in [0.15, 0.2) is 0 Å². The van der Waals surface area contributed by atoms with Crippen LogP contribution in [0.2, 0.25) is 5.15 Å². The highest BCUT2D eigenvalue weighted by molar-refractivity contribution is 6.33. The highest BCUT2D eigenvalue weighted by Gasteiger charge is 2.20. The lowest BCUT2D eigenvalue weighted by atomic mass is 10.1. The van der Waals surface area contributed by atoms with Crippen molar-refractivity contribution in [3.63, 3.8) is 0 Å². The van der Waals surface area contributed by atoms with Crippen LogP contribution in [0.5, 0.6) is 0 Å². The Labute approximate surface area is 156 Å². The van der Waals surface area contributed by atoms with Crippen molar-refractivity contribution in [2.45, 2.75) is 19.9 Å². The molecule has 0 aliphatic rings. The molecule has 0 aliphatic carbocycles. The van der Waals surface area contributed by atoms with Crippen LogP contribution < -0.4 is 5.32 Å². The zero-order valence-electron chi connectivity index (χ0n) is 14.2. The normalized spacial score (nSPS) is 10.3. The van der Waals surface area contributed by atoms with Gasteiger partial charge in [-0.2, -0.15) is 10.4 Å². The number of aromatic nitrogens is 2. The van der Waals surface area contributed by atoms with E-state index in [1.807, 2.05) is 42.5 Å². The van der Waals surface area contributed by atoms with E-state index >= 15 is 0 Å². The van der Waals surface area contributed by atoms with Crippen LogP contribution in [0, 0.1) is 18.3 Å². The van der Waals surface area contributed by atoms with E-state index in [0.29, 0.717) is 35.1 Å². The summed E-state index contributed by atoms with van der Waals surface area (Å²) in [5, 5.41) is 16.2. The molecule has 1 heterocycles. The van der Waals surface area contributed by atoms with Gasteiger partial charge in [0.2, 0.25) is 0 Å². The fourth-order valence-electron chi connectivity index (χ4n) is 2.66. The van der Waals surface area contributed by atoms with E-state index in [1.165, 1.54) is 0 Å². The minimum atomic E-state index is -0.306. The van der Waals surface area contributed by atoms with Crippen LogP contribution in [0.3, 0.4) is 0 Å². The van der Waals surface area contributed by atoms with E-state index in [9.17, 15) is 4.79 Å². The van der Waals surface area contributed by atoms with Crippen LogP contribution >= 0.6 is 11.6 Å². The molecular weight excluding hydrogens is 348 g/mol. The van der Waals surface area contributed by atoms with Crippen LogP contribution in [-0.2, 0) is 13.0 Å². The summed E-state index contributed by atoms with van der Waals surface area (Å²) in [6.07, 6.45) is 0.339. The number of halogens is 1. The molecule has 0 spiro atoms. The van der Waals surface area contributed by atoms with E-state index in [4.69, 9.17) is 16.9 Å². The molecule has 3 aromatic rings. The number of amides is 1. The van der Waals surface area contributed by atoms with Crippen LogP contribution in [0.1, 0.15) is 27.2 Å². The molecule has 0 radical (unpaired) electrons. The van der Waals surface area contributed by atoms with E-state index in [-0.39, 0.29) is 5.91 Å². The van der Waals surface area contributed by atoms with Crippen LogP contribution in [-0.4, -0.2) is 15.7 Å². The first-order valence-corrected chi connectivity index (χ1v) is 8.50. The number of benzene rings is 2. The minimum Gasteiger partial charge on any atom is -0.322 e. The Morgan fingerprint density at radius 2 is 1.85 bits per heavy atom. The van der Waals surface area contributed by atoms with Crippen molar-refractivity contribution < 1.29 is 4.79 Å². The average molecular weight is 365 g/mol. The van der Waals surface area contributed by atoms with E-state index in [2.05, 4.69) is 16.5 Å². The van der Waals surface area contributed by atoms with E-state index < -0.39 is 0 Å². The molecule has 1 aromatic heterocycles. The quantitative estimate of drug-likeness (QED) is 0.737. The topological polar surface area (TPSA) is 70.7 Å². The maximum absolute atomic E-state index is 12.6. The molecule has 0 atom stereocenters. The SMILES string of the molecule is Cc1nn(Cc2ccccc2)c(Cl)c1C(=O)Nc1ccc(CC#N)cc1. The summed E-state index contributed by atoms with van der Waals surface area (Å²) in [6, 6.07) is 19.1. The van der Waals surface area contributed by atoms with Crippen molar-refractivity contribution in [1.82, 2.24) is 9.78 Å². The van der Waals surface area contributed by atoms with Gasteiger partial charge in [-0.3, -0.25) is 4.79 Å². The molecule has 2 aromatic carbocycles. The van der Waals surface area contributed by atoms with Gasteiger partial charge in [-0.15, -0.1) is 0 Å². The number of carbonyl (C=O) groups is 1. The predicted molar refractivity (Wildman–Crippen MR) is 101 cm³/mol. The number of rotatable bonds is 5. The first-order valence-electron chi connectivity index (χ1n) is 8.12. The van der Waals surface area contributed by atoms with Gasteiger partial charge in [0.05, 0.1) is 30.3 Å². The molecule has 0 aliphatic heterocycles. The molecule has 0 unspecified atom stereocenters. The lowest BCUT2D eigenvalue weighted by Gasteiger charge is -2.06. The van der Waals surface area contributed by atoms with Gasteiger partial charge < -0.3 is 5.32 Å². The summed E-state index contributed by atoms with van der Waals surface area (Å²) in [6.45, 7) is 2.26. The fraction of sp³-hybridized carbons (Fsp3) is 0.150. The number of aryl methyl sites for hydroxylation is 1.